The van der Waals surface area contributed by atoms with Crippen molar-refractivity contribution < 1.29 is 33.2 Å². The summed E-state index contributed by atoms with van der Waals surface area (Å²) < 4.78 is 33.5. The Bertz CT molecular complexity index is 1080. The van der Waals surface area contributed by atoms with Crippen molar-refractivity contribution in [1.29, 1.82) is 0 Å². The first-order chi connectivity index (χ1) is 14.2. The zero-order valence-electron chi connectivity index (χ0n) is 16.0. The fraction of sp³-hybridized carbons (Fsp3) is 0.250. The van der Waals surface area contributed by atoms with Crippen molar-refractivity contribution in [2.45, 2.75) is 19.1 Å². The van der Waals surface area contributed by atoms with Crippen LogP contribution in [0.3, 0.4) is 0 Å². The van der Waals surface area contributed by atoms with Crippen molar-refractivity contribution in [3.63, 3.8) is 0 Å². The Hall–Kier alpha value is -3.40. The average Bonchev–Trinajstić information content (AvgIpc) is 2.98. The molecule has 0 saturated carbocycles. The van der Waals surface area contributed by atoms with E-state index in [1.807, 2.05) is 22.6 Å². The molecule has 0 saturated heterocycles. The molecular weight excluding hydrogens is 401 g/mol. The van der Waals surface area contributed by atoms with Crippen LogP contribution in [-0.4, -0.2) is 41.0 Å². The number of benzene rings is 1. The Morgan fingerprint density at radius 3 is 2.50 bits per heavy atom. The molecule has 0 bridgehead atoms. The first kappa shape index (κ1) is 21.3. The molecule has 3 aromatic rings. The maximum absolute atomic E-state index is 12.2. The maximum atomic E-state index is 12.2. The quantitative estimate of drug-likeness (QED) is 0.635. The van der Waals surface area contributed by atoms with Gasteiger partial charge in [-0.2, -0.15) is 13.2 Å². The molecule has 1 amide bonds. The lowest BCUT2D eigenvalue weighted by atomic mass is 10.1. The van der Waals surface area contributed by atoms with E-state index in [0.717, 1.165) is 35.6 Å². The number of halogens is 3. The Morgan fingerprint density at radius 1 is 1.23 bits per heavy atom. The van der Waals surface area contributed by atoms with Crippen molar-refractivity contribution in [1.82, 2.24) is 14.7 Å². The van der Waals surface area contributed by atoms with Gasteiger partial charge in [-0.15, -0.1) is 0 Å². The third-order valence-electron chi connectivity index (χ3n) is 4.52. The number of amides is 1. The standard InChI is InChI=1S/C18H18N4O.C2HF3O2/c1-19-11-12-5-7-13(8-6-12)17-14-9-10-20-18(23)15-3-2-4-16(21-17)22(14)15;3-2(4,5)1(6)7/h2-8,19H,9-11H2,1H3,(H,20,23);(H,6,7). The van der Waals surface area contributed by atoms with E-state index in [-0.39, 0.29) is 5.91 Å². The maximum Gasteiger partial charge on any atom is 0.430 e. The lowest BCUT2D eigenvalue weighted by molar-refractivity contribution is -0.643. The van der Waals surface area contributed by atoms with E-state index >= 15 is 0 Å². The van der Waals surface area contributed by atoms with Gasteiger partial charge in [-0.05, 0) is 12.1 Å². The monoisotopic (exact) mass is 420 g/mol. The smallest absolute Gasteiger partial charge is 0.430 e. The third-order valence-corrected chi connectivity index (χ3v) is 4.52. The van der Waals surface area contributed by atoms with Gasteiger partial charge in [0.2, 0.25) is 0 Å². The Labute approximate surface area is 169 Å². The number of aliphatic carboxylic acids is 1. The molecule has 3 N–H and O–H groups in total. The highest BCUT2D eigenvalue weighted by Gasteiger charge is 2.28. The molecule has 7 nitrogen and oxygen atoms in total. The highest BCUT2D eigenvalue weighted by Crippen LogP contribution is 2.27. The zero-order chi connectivity index (χ0) is 21.9. The number of pyridine rings is 1. The van der Waals surface area contributed by atoms with E-state index in [4.69, 9.17) is 14.9 Å². The first-order valence-corrected chi connectivity index (χ1v) is 9.16. The SMILES string of the molecule is C[NH2+]Cc1ccc(-c2nc3cccc4n3c2CCNC4=O)cc1.O=C([O-])C(F)(F)F. The largest absolute Gasteiger partial charge is 0.542 e. The topological polar surface area (TPSA) is 103 Å². The number of aromatic nitrogens is 2. The predicted molar refractivity (Wildman–Crippen MR) is 99.3 cm³/mol. The van der Waals surface area contributed by atoms with Gasteiger partial charge < -0.3 is 20.5 Å². The molecule has 2 aromatic heterocycles. The van der Waals surface area contributed by atoms with Crippen LogP contribution >= 0.6 is 0 Å². The molecule has 1 aliphatic rings. The Balaban J connectivity index is 0.000000318. The molecule has 1 aliphatic heterocycles. The van der Waals surface area contributed by atoms with Crippen LogP contribution in [0.5, 0.6) is 0 Å². The van der Waals surface area contributed by atoms with Gasteiger partial charge in [0.15, 0.2) is 0 Å². The van der Waals surface area contributed by atoms with E-state index < -0.39 is 12.1 Å². The molecular formula is C20H19F3N4O3. The van der Waals surface area contributed by atoms with E-state index in [1.54, 1.807) is 0 Å². The van der Waals surface area contributed by atoms with E-state index in [9.17, 15) is 18.0 Å². The second-order valence-electron chi connectivity index (χ2n) is 6.61. The lowest BCUT2D eigenvalue weighted by Gasteiger charge is -2.04. The fourth-order valence-corrected chi connectivity index (χ4v) is 3.21. The van der Waals surface area contributed by atoms with Crippen molar-refractivity contribution in [2.75, 3.05) is 13.6 Å². The minimum Gasteiger partial charge on any atom is -0.542 e. The van der Waals surface area contributed by atoms with Gasteiger partial charge in [-0.3, -0.25) is 9.20 Å². The molecule has 30 heavy (non-hydrogen) atoms. The summed E-state index contributed by atoms with van der Waals surface area (Å²) in [6.45, 7) is 1.61. The molecule has 0 atom stereocenters. The fourth-order valence-electron chi connectivity index (χ4n) is 3.21. The summed E-state index contributed by atoms with van der Waals surface area (Å²) in [5, 5.41) is 13.9. The van der Waals surface area contributed by atoms with Crippen molar-refractivity contribution >= 4 is 17.5 Å². The van der Waals surface area contributed by atoms with Gasteiger partial charge in [0.05, 0.1) is 18.4 Å². The number of carboxylic acid groups (broad SMARTS) is 1. The van der Waals surface area contributed by atoms with Crippen LogP contribution in [0.2, 0.25) is 0 Å². The third kappa shape index (κ3) is 4.43. The summed E-state index contributed by atoms with van der Waals surface area (Å²) in [6.07, 6.45) is -4.41. The molecule has 3 heterocycles. The second kappa shape index (κ2) is 8.54. The van der Waals surface area contributed by atoms with Gasteiger partial charge in [-0.1, -0.05) is 30.3 Å². The number of nitrogens with zero attached hydrogens (tertiary/aromatic N) is 2. The molecule has 0 unspecified atom stereocenters. The van der Waals surface area contributed by atoms with Gasteiger partial charge in [-0.25, -0.2) is 4.98 Å². The molecule has 158 valence electrons. The second-order valence-corrected chi connectivity index (χ2v) is 6.61. The lowest BCUT2D eigenvalue weighted by Crippen LogP contribution is -2.77. The van der Waals surface area contributed by atoms with Gasteiger partial charge >= 0.3 is 6.18 Å². The van der Waals surface area contributed by atoms with Crippen molar-refractivity contribution in [3.05, 3.63) is 59.4 Å². The van der Waals surface area contributed by atoms with Crippen LogP contribution < -0.4 is 15.7 Å². The van der Waals surface area contributed by atoms with Crippen LogP contribution in [0, 0.1) is 0 Å². The number of carbonyl (C=O) groups is 2. The van der Waals surface area contributed by atoms with Crippen LogP contribution in [0.4, 0.5) is 13.2 Å². The number of carbonyl (C=O) groups excluding carboxylic acids is 2. The van der Waals surface area contributed by atoms with Crippen LogP contribution in [-0.2, 0) is 17.8 Å². The number of carboxylic acids is 1. The van der Waals surface area contributed by atoms with E-state index in [1.165, 1.54) is 5.56 Å². The highest BCUT2D eigenvalue weighted by molar-refractivity contribution is 5.94. The van der Waals surface area contributed by atoms with E-state index in [0.29, 0.717) is 12.2 Å². The zero-order valence-corrected chi connectivity index (χ0v) is 16.0. The number of alkyl halides is 3. The number of hydrogen-bond donors (Lipinski definition) is 2. The Morgan fingerprint density at radius 2 is 1.90 bits per heavy atom. The normalized spacial score (nSPS) is 13.3. The minimum atomic E-state index is -5.19. The van der Waals surface area contributed by atoms with Gasteiger partial charge in [0, 0.05) is 24.1 Å². The average molecular weight is 420 g/mol. The molecule has 0 radical (unpaired) electrons. The number of nitrogens with one attached hydrogen (secondary N) is 1. The molecule has 0 spiro atoms. The van der Waals surface area contributed by atoms with E-state index in [2.05, 4.69) is 41.9 Å². The predicted octanol–water partition coefficient (Wildman–Crippen LogP) is 0.279. The van der Waals surface area contributed by atoms with Crippen LogP contribution in [0.1, 0.15) is 21.7 Å². The number of rotatable bonds is 3. The number of nitrogens with two attached hydrogens (primary N) is 1. The Kier molecular flexibility index (Phi) is 6.06. The van der Waals surface area contributed by atoms with Crippen molar-refractivity contribution in [2.24, 2.45) is 0 Å². The van der Waals surface area contributed by atoms with Crippen LogP contribution in [0.25, 0.3) is 16.9 Å². The molecule has 4 rings (SSSR count). The number of imidazole rings is 1. The molecule has 0 aliphatic carbocycles. The van der Waals surface area contributed by atoms with Crippen molar-refractivity contribution in [3.8, 4) is 11.3 Å². The minimum absolute atomic E-state index is 0.0351. The molecule has 1 aromatic carbocycles. The summed E-state index contributed by atoms with van der Waals surface area (Å²) in [5.74, 6) is -3.04. The van der Waals surface area contributed by atoms with Gasteiger partial charge in [0.1, 0.15) is 23.9 Å². The number of hydrogen-bond acceptors (Lipinski definition) is 4. The van der Waals surface area contributed by atoms with Gasteiger partial charge in [0.25, 0.3) is 5.91 Å². The summed E-state index contributed by atoms with van der Waals surface area (Å²) >= 11 is 0. The summed E-state index contributed by atoms with van der Waals surface area (Å²) in [5.41, 5.74) is 5.96. The number of quaternary nitrogens is 1. The van der Waals surface area contributed by atoms with Crippen LogP contribution in [0.15, 0.2) is 42.5 Å². The summed E-state index contributed by atoms with van der Waals surface area (Å²) in [4.78, 5) is 25.8. The summed E-state index contributed by atoms with van der Waals surface area (Å²) in [7, 11) is 2.06. The molecule has 10 heteroatoms. The molecule has 0 fully saturated rings. The highest BCUT2D eigenvalue weighted by atomic mass is 19.4. The summed E-state index contributed by atoms with van der Waals surface area (Å²) in [6, 6.07) is 14.2. The first-order valence-electron chi connectivity index (χ1n) is 9.16.